The molecule has 5 heteroatoms. The van der Waals surface area contributed by atoms with Gasteiger partial charge in [-0.3, -0.25) is 9.59 Å². The summed E-state index contributed by atoms with van der Waals surface area (Å²) in [4.78, 5) is 28.1. The number of hydrogen-bond donors (Lipinski definition) is 0. The van der Waals surface area contributed by atoms with Crippen molar-refractivity contribution >= 4 is 11.8 Å². The Bertz CT molecular complexity index is 549. The standard InChI is InChI=1S/C17H24N2O3/c1-13-4-5-15(12-14(13)2)17(21)19-9-7-18(8-10-19)16(20)6-11-22-3/h4-5,12H,6-11H2,1-3H3. The second-order valence-electron chi connectivity index (χ2n) is 5.71. The zero-order chi connectivity index (χ0) is 16.1. The Hall–Kier alpha value is -1.88. The van der Waals surface area contributed by atoms with Crippen LogP contribution in [-0.2, 0) is 9.53 Å². The second-order valence-corrected chi connectivity index (χ2v) is 5.71. The molecule has 0 saturated carbocycles. The van der Waals surface area contributed by atoms with Crippen LogP contribution in [0.5, 0.6) is 0 Å². The molecular formula is C17H24N2O3. The number of ether oxygens (including phenoxy) is 1. The van der Waals surface area contributed by atoms with Crippen molar-refractivity contribution in [3.05, 3.63) is 34.9 Å². The van der Waals surface area contributed by atoms with Crippen molar-refractivity contribution in [1.82, 2.24) is 9.80 Å². The molecule has 1 aromatic rings. The highest BCUT2D eigenvalue weighted by Crippen LogP contribution is 2.14. The van der Waals surface area contributed by atoms with Crippen LogP contribution in [-0.4, -0.2) is 61.5 Å². The quantitative estimate of drug-likeness (QED) is 0.849. The van der Waals surface area contributed by atoms with Crippen molar-refractivity contribution in [3.63, 3.8) is 0 Å². The summed E-state index contributed by atoms with van der Waals surface area (Å²) in [5.74, 6) is 0.146. The van der Waals surface area contributed by atoms with E-state index in [0.717, 1.165) is 11.1 Å². The van der Waals surface area contributed by atoms with Crippen LogP contribution in [0.1, 0.15) is 27.9 Å². The highest BCUT2D eigenvalue weighted by atomic mass is 16.5. The third-order valence-electron chi connectivity index (χ3n) is 4.19. The molecule has 0 spiro atoms. The molecule has 0 N–H and O–H groups in total. The van der Waals surface area contributed by atoms with Crippen LogP contribution in [0.3, 0.4) is 0 Å². The van der Waals surface area contributed by atoms with Crippen LogP contribution in [0.4, 0.5) is 0 Å². The second kappa shape index (κ2) is 7.40. The van der Waals surface area contributed by atoms with E-state index in [0.29, 0.717) is 39.2 Å². The molecule has 22 heavy (non-hydrogen) atoms. The van der Waals surface area contributed by atoms with Crippen LogP contribution in [0.15, 0.2) is 18.2 Å². The van der Waals surface area contributed by atoms with Gasteiger partial charge in [0.2, 0.25) is 5.91 Å². The number of aryl methyl sites for hydroxylation is 2. The zero-order valence-electron chi connectivity index (χ0n) is 13.6. The minimum atomic E-state index is 0.0482. The van der Waals surface area contributed by atoms with Crippen molar-refractivity contribution in [3.8, 4) is 0 Å². The molecule has 2 rings (SSSR count). The van der Waals surface area contributed by atoms with Crippen molar-refractivity contribution in [2.24, 2.45) is 0 Å². The minimum absolute atomic E-state index is 0.0482. The molecule has 5 nitrogen and oxygen atoms in total. The minimum Gasteiger partial charge on any atom is -0.384 e. The Labute approximate surface area is 131 Å². The molecule has 1 fully saturated rings. The lowest BCUT2D eigenvalue weighted by Gasteiger charge is -2.35. The molecule has 1 aliphatic heterocycles. The Morgan fingerprint density at radius 1 is 1.05 bits per heavy atom. The predicted molar refractivity (Wildman–Crippen MR) is 84.9 cm³/mol. The average Bonchev–Trinajstić information content (AvgIpc) is 2.54. The number of amides is 2. The first-order valence-corrected chi connectivity index (χ1v) is 7.66. The fraction of sp³-hybridized carbons (Fsp3) is 0.529. The summed E-state index contributed by atoms with van der Waals surface area (Å²) in [6, 6.07) is 5.79. The van der Waals surface area contributed by atoms with E-state index in [2.05, 4.69) is 0 Å². The molecule has 0 aromatic heterocycles. The van der Waals surface area contributed by atoms with Crippen molar-refractivity contribution < 1.29 is 14.3 Å². The van der Waals surface area contributed by atoms with E-state index < -0.39 is 0 Å². The molecule has 0 bridgehead atoms. The first-order valence-electron chi connectivity index (χ1n) is 7.66. The maximum atomic E-state index is 12.5. The number of nitrogens with zero attached hydrogens (tertiary/aromatic N) is 2. The molecule has 0 unspecified atom stereocenters. The number of piperazine rings is 1. The first-order chi connectivity index (χ1) is 10.5. The molecule has 0 atom stereocenters. The molecule has 120 valence electrons. The summed E-state index contributed by atoms with van der Waals surface area (Å²) < 4.78 is 4.93. The van der Waals surface area contributed by atoms with Gasteiger partial charge in [0, 0.05) is 38.9 Å². The average molecular weight is 304 g/mol. The molecule has 0 aliphatic carbocycles. The highest BCUT2D eigenvalue weighted by Gasteiger charge is 2.24. The smallest absolute Gasteiger partial charge is 0.253 e. The lowest BCUT2D eigenvalue weighted by atomic mass is 10.1. The number of benzene rings is 1. The molecular weight excluding hydrogens is 280 g/mol. The largest absolute Gasteiger partial charge is 0.384 e. The number of carbonyl (C=O) groups is 2. The lowest BCUT2D eigenvalue weighted by Crippen LogP contribution is -2.50. The van der Waals surface area contributed by atoms with E-state index in [1.165, 1.54) is 5.56 Å². The number of carbonyl (C=O) groups excluding carboxylic acids is 2. The zero-order valence-corrected chi connectivity index (χ0v) is 13.6. The molecule has 2 amide bonds. The van der Waals surface area contributed by atoms with E-state index in [1.807, 2.05) is 41.8 Å². The topological polar surface area (TPSA) is 49.9 Å². The van der Waals surface area contributed by atoms with Gasteiger partial charge in [-0.1, -0.05) is 6.07 Å². The maximum absolute atomic E-state index is 12.5. The monoisotopic (exact) mass is 304 g/mol. The fourth-order valence-electron chi connectivity index (χ4n) is 2.56. The van der Waals surface area contributed by atoms with Gasteiger partial charge in [0.1, 0.15) is 0 Å². The van der Waals surface area contributed by atoms with Gasteiger partial charge >= 0.3 is 0 Å². The molecule has 1 heterocycles. The van der Waals surface area contributed by atoms with Gasteiger partial charge in [-0.25, -0.2) is 0 Å². The summed E-state index contributed by atoms with van der Waals surface area (Å²) >= 11 is 0. The van der Waals surface area contributed by atoms with E-state index in [9.17, 15) is 9.59 Å². The van der Waals surface area contributed by atoms with Gasteiger partial charge in [-0.05, 0) is 37.1 Å². The third kappa shape index (κ3) is 3.85. The van der Waals surface area contributed by atoms with Gasteiger partial charge in [0.25, 0.3) is 5.91 Å². The fourth-order valence-corrected chi connectivity index (χ4v) is 2.56. The molecule has 1 aromatic carbocycles. The van der Waals surface area contributed by atoms with Gasteiger partial charge < -0.3 is 14.5 Å². The summed E-state index contributed by atoms with van der Waals surface area (Å²) in [5.41, 5.74) is 3.03. The Morgan fingerprint density at radius 3 is 2.27 bits per heavy atom. The molecule has 0 radical (unpaired) electrons. The van der Waals surface area contributed by atoms with Gasteiger partial charge in [-0.2, -0.15) is 0 Å². The van der Waals surface area contributed by atoms with Gasteiger partial charge in [-0.15, -0.1) is 0 Å². The molecule has 1 saturated heterocycles. The van der Waals surface area contributed by atoms with E-state index in [4.69, 9.17) is 4.74 Å². The predicted octanol–water partition coefficient (Wildman–Crippen LogP) is 1.62. The third-order valence-corrected chi connectivity index (χ3v) is 4.19. The summed E-state index contributed by atoms with van der Waals surface area (Å²) in [6.45, 7) is 6.86. The van der Waals surface area contributed by atoms with Crippen molar-refractivity contribution in [2.45, 2.75) is 20.3 Å². The first kappa shape index (κ1) is 16.5. The number of rotatable bonds is 4. The van der Waals surface area contributed by atoms with E-state index >= 15 is 0 Å². The van der Waals surface area contributed by atoms with Crippen LogP contribution in [0, 0.1) is 13.8 Å². The van der Waals surface area contributed by atoms with Crippen molar-refractivity contribution in [2.75, 3.05) is 39.9 Å². The summed E-state index contributed by atoms with van der Waals surface area (Å²) in [7, 11) is 1.59. The van der Waals surface area contributed by atoms with Crippen LogP contribution < -0.4 is 0 Å². The van der Waals surface area contributed by atoms with Crippen LogP contribution >= 0.6 is 0 Å². The lowest BCUT2D eigenvalue weighted by molar-refractivity contribution is -0.133. The van der Waals surface area contributed by atoms with Gasteiger partial charge in [0.05, 0.1) is 13.0 Å². The van der Waals surface area contributed by atoms with Crippen LogP contribution in [0.2, 0.25) is 0 Å². The Balaban J connectivity index is 1.92. The Morgan fingerprint density at radius 2 is 1.68 bits per heavy atom. The van der Waals surface area contributed by atoms with Crippen LogP contribution in [0.25, 0.3) is 0 Å². The highest BCUT2D eigenvalue weighted by molar-refractivity contribution is 5.94. The van der Waals surface area contributed by atoms with E-state index in [1.54, 1.807) is 7.11 Å². The molecule has 1 aliphatic rings. The van der Waals surface area contributed by atoms with Gasteiger partial charge in [0.15, 0.2) is 0 Å². The normalized spacial score (nSPS) is 15.0. The van der Waals surface area contributed by atoms with E-state index in [-0.39, 0.29) is 11.8 Å². The summed E-state index contributed by atoms with van der Waals surface area (Å²) in [6.07, 6.45) is 0.404. The van der Waals surface area contributed by atoms with Crippen molar-refractivity contribution in [1.29, 1.82) is 0 Å². The Kier molecular flexibility index (Phi) is 5.55. The summed E-state index contributed by atoms with van der Waals surface area (Å²) in [5, 5.41) is 0. The number of hydrogen-bond acceptors (Lipinski definition) is 3. The maximum Gasteiger partial charge on any atom is 0.253 e. The number of methoxy groups -OCH3 is 1. The SMILES string of the molecule is COCCC(=O)N1CCN(C(=O)c2ccc(C)c(C)c2)CC1.